The normalized spacial score (nSPS) is 11.1. The number of hydrogen-bond acceptors (Lipinski definition) is 4. The van der Waals surface area contributed by atoms with E-state index in [1.165, 1.54) is 6.07 Å². The summed E-state index contributed by atoms with van der Waals surface area (Å²) in [5, 5.41) is 2.38. The van der Waals surface area contributed by atoms with E-state index < -0.39 is 23.8 Å². The fourth-order valence-electron chi connectivity index (χ4n) is 1.53. The Labute approximate surface area is 137 Å². The fourth-order valence-corrected chi connectivity index (χ4v) is 1.53. The number of aldehydes is 1. The zero-order valence-corrected chi connectivity index (χ0v) is 13.3. The van der Waals surface area contributed by atoms with Crippen LogP contribution in [0.1, 0.15) is 36.7 Å². The lowest BCUT2D eigenvalue weighted by Gasteiger charge is -2.19. The van der Waals surface area contributed by atoms with Crippen LogP contribution in [0.25, 0.3) is 0 Å². The summed E-state index contributed by atoms with van der Waals surface area (Å²) < 4.78 is 45.5. The third-order valence-corrected chi connectivity index (χ3v) is 2.25. The second-order valence-electron chi connectivity index (χ2n) is 5.61. The van der Waals surface area contributed by atoms with Crippen LogP contribution in [0.5, 0.6) is 5.75 Å². The number of hydrogen-bond donors (Lipinski definition) is 1. The Morgan fingerprint density at radius 2 is 1.92 bits per heavy atom. The van der Waals surface area contributed by atoms with Gasteiger partial charge in [-0.15, -0.1) is 13.2 Å². The molecule has 1 amide bonds. The molecule has 5 nitrogen and oxygen atoms in total. The van der Waals surface area contributed by atoms with Gasteiger partial charge in [-0.05, 0) is 39.0 Å². The zero-order valence-electron chi connectivity index (χ0n) is 13.3. The van der Waals surface area contributed by atoms with Crippen molar-refractivity contribution < 1.29 is 32.2 Å². The number of alkyl carbamates (subject to hydrolysis) is 1. The van der Waals surface area contributed by atoms with E-state index in [1.54, 1.807) is 20.8 Å². The highest BCUT2D eigenvalue weighted by Crippen LogP contribution is 2.24. The van der Waals surface area contributed by atoms with Crippen LogP contribution < -0.4 is 10.1 Å². The Morgan fingerprint density at radius 3 is 2.46 bits per heavy atom. The summed E-state index contributed by atoms with van der Waals surface area (Å²) in [6, 6.07) is 3.29. The summed E-state index contributed by atoms with van der Waals surface area (Å²) >= 11 is 0. The van der Waals surface area contributed by atoms with E-state index in [4.69, 9.17) is 4.74 Å². The number of nitrogens with one attached hydrogen (secondary N) is 1. The maximum Gasteiger partial charge on any atom is 0.573 e. The number of rotatable bonds is 3. The molecule has 0 aliphatic heterocycles. The van der Waals surface area contributed by atoms with E-state index in [9.17, 15) is 22.8 Å². The van der Waals surface area contributed by atoms with E-state index >= 15 is 0 Å². The molecular weight excluding hydrogens is 327 g/mol. The lowest BCUT2D eigenvalue weighted by Crippen LogP contribution is -2.32. The minimum atomic E-state index is -4.87. The van der Waals surface area contributed by atoms with Crippen LogP contribution in [-0.2, 0) is 4.74 Å². The number of halogens is 3. The van der Waals surface area contributed by atoms with Crippen LogP contribution in [-0.4, -0.2) is 30.9 Å². The molecule has 24 heavy (non-hydrogen) atoms. The lowest BCUT2D eigenvalue weighted by atomic mass is 10.1. The van der Waals surface area contributed by atoms with Crippen molar-refractivity contribution in [3.63, 3.8) is 0 Å². The summed E-state index contributed by atoms with van der Waals surface area (Å²) in [6.07, 6.45) is -5.16. The number of alkyl halides is 3. The van der Waals surface area contributed by atoms with Crippen molar-refractivity contribution in [2.24, 2.45) is 0 Å². The van der Waals surface area contributed by atoms with Crippen LogP contribution >= 0.6 is 0 Å². The molecule has 1 N–H and O–H groups in total. The average molecular weight is 343 g/mol. The first-order valence-electron chi connectivity index (χ1n) is 6.80. The fraction of sp³-hybridized carbons (Fsp3) is 0.375. The van der Waals surface area contributed by atoms with Crippen LogP contribution in [0.2, 0.25) is 0 Å². The molecule has 1 aromatic rings. The van der Waals surface area contributed by atoms with E-state index in [2.05, 4.69) is 21.9 Å². The molecule has 0 aromatic heterocycles. The summed E-state index contributed by atoms with van der Waals surface area (Å²) in [6.45, 7) is 5.03. The van der Waals surface area contributed by atoms with Crippen LogP contribution in [0.4, 0.5) is 18.0 Å². The second-order valence-corrected chi connectivity index (χ2v) is 5.61. The highest BCUT2D eigenvalue weighted by atomic mass is 19.4. The minimum Gasteiger partial charge on any atom is -0.444 e. The molecule has 0 aliphatic rings. The maximum absolute atomic E-state index is 12.2. The molecular formula is C16H16F3NO4. The average Bonchev–Trinajstić information content (AvgIpc) is 2.39. The Kier molecular flexibility index (Phi) is 6.23. The first kappa shape index (κ1) is 19.4. The van der Waals surface area contributed by atoms with Crippen molar-refractivity contribution in [3.8, 4) is 17.6 Å². The molecule has 0 atom stereocenters. The third kappa shape index (κ3) is 8.08. The lowest BCUT2D eigenvalue weighted by molar-refractivity contribution is -0.274. The first-order chi connectivity index (χ1) is 11.0. The number of carbonyl (C=O) groups is 2. The molecule has 0 fully saturated rings. The minimum absolute atomic E-state index is 0.0128. The molecule has 1 rings (SSSR count). The van der Waals surface area contributed by atoms with E-state index in [-0.39, 0.29) is 17.7 Å². The quantitative estimate of drug-likeness (QED) is 0.676. The van der Waals surface area contributed by atoms with E-state index in [1.807, 2.05) is 0 Å². The van der Waals surface area contributed by atoms with Crippen LogP contribution in [0.15, 0.2) is 18.2 Å². The summed E-state index contributed by atoms with van der Waals surface area (Å²) in [5.74, 6) is 4.54. The molecule has 0 aliphatic carbocycles. The molecule has 0 spiro atoms. The number of carbonyl (C=O) groups excluding carboxylic acids is 2. The van der Waals surface area contributed by atoms with Crippen molar-refractivity contribution in [2.75, 3.05) is 6.54 Å². The van der Waals surface area contributed by atoms with Gasteiger partial charge in [-0.3, -0.25) is 4.79 Å². The molecule has 8 heteroatoms. The van der Waals surface area contributed by atoms with Crippen LogP contribution in [0.3, 0.4) is 0 Å². The Bertz CT molecular complexity index is 667. The molecule has 130 valence electrons. The Balaban J connectivity index is 2.76. The molecule has 0 radical (unpaired) electrons. The Morgan fingerprint density at radius 1 is 1.25 bits per heavy atom. The SMILES string of the molecule is CC(C)(C)OC(=O)NCC#Cc1cc(C=O)cc(OC(F)(F)F)c1. The van der Waals surface area contributed by atoms with Crippen molar-refractivity contribution in [2.45, 2.75) is 32.7 Å². The Hall–Kier alpha value is -2.69. The van der Waals surface area contributed by atoms with Crippen molar-refractivity contribution in [1.29, 1.82) is 0 Å². The van der Waals surface area contributed by atoms with E-state index in [0.717, 1.165) is 12.1 Å². The smallest absolute Gasteiger partial charge is 0.444 e. The largest absolute Gasteiger partial charge is 0.573 e. The van der Waals surface area contributed by atoms with Crippen molar-refractivity contribution >= 4 is 12.4 Å². The number of ether oxygens (including phenoxy) is 2. The zero-order chi connectivity index (χ0) is 18.4. The summed E-state index contributed by atoms with van der Waals surface area (Å²) in [5.41, 5.74) is -0.523. The van der Waals surface area contributed by atoms with Gasteiger partial charge in [-0.2, -0.15) is 0 Å². The van der Waals surface area contributed by atoms with Crippen molar-refractivity contribution in [3.05, 3.63) is 29.3 Å². The number of amides is 1. The van der Waals surface area contributed by atoms with Gasteiger partial charge in [0, 0.05) is 11.1 Å². The van der Waals surface area contributed by atoms with Gasteiger partial charge in [-0.25, -0.2) is 4.79 Å². The van der Waals surface area contributed by atoms with Crippen LogP contribution in [0, 0.1) is 11.8 Å². The topological polar surface area (TPSA) is 64.6 Å². The first-order valence-corrected chi connectivity index (χ1v) is 6.80. The van der Waals surface area contributed by atoms with E-state index in [0.29, 0.717) is 6.29 Å². The summed E-state index contributed by atoms with van der Waals surface area (Å²) in [4.78, 5) is 22.2. The molecule has 0 unspecified atom stereocenters. The maximum atomic E-state index is 12.2. The molecule has 0 heterocycles. The van der Waals surface area contributed by atoms with Gasteiger partial charge in [0.25, 0.3) is 0 Å². The van der Waals surface area contributed by atoms with Gasteiger partial charge in [-0.1, -0.05) is 11.8 Å². The predicted molar refractivity (Wildman–Crippen MR) is 79.6 cm³/mol. The van der Waals surface area contributed by atoms with Crippen molar-refractivity contribution in [1.82, 2.24) is 5.32 Å². The van der Waals surface area contributed by atoms with Gasteiger partial charge >= 0.3 is 12.5 Å². The molecule has 0 bridgehead atoms. The number of benzene rings is 1. The predicted octanol–water partition coefficient (Wildman–Crippen LogP) is 3.27. The summed E-state index contributed by atoms with van der Waals surface area (Å²) in [7, 11) is 0. The molecule has 0 saturated heterocycles. The van der Waals surface area contributed by atoms with Gasteiger partial charge in [0.1, 0.15) is 17.6 Å². The van der Waals surface area contributed by atoms with Gasteiger partial charge in [0.15, 0.2) is 0 Å². The highest BCUT2D eigenvalue weighted by Gasteiger charge is 2.31. The molecule has 1 aromatic carbocycles. The standard InChI is InChI=1S/C16H16F3NO4/c1-15(2,3)24-14(22)20-6-4-5-11-7-12(10-21)9-13(8-11)23-16(17,18)19/h7-10H,6H2,1-3H3,(H,20,22). The second kappa shape index (κ2) is 7.73. The third-order valence-electron chi connectivity index (χ3n) is 2.25. The van der Waals surface area contributed by atoms with Gasteiger partial charge in [0.2, 0.25) is 0 Å². The van der Waals surface area contributed by atoms with Gasteiger partial charge in [0.05, 0.1) is 6.54 Å². The highest BCUT2D eigenvalue weighted by molar-refractivity contribution is 5.76. The monoisotopic (exact) mass is 343 g/mol. The molecule has 0 saturated carbocycles. The van der Waals surface area contributed by atoms with Gasteiger partial charge < -0.3 is 14.8 Å².